The summed E-state index contributed by atoms with van der Waals surface area (Å²) in [4.78, 5) is 11.2. The molecule has 2 fully saturated rings. The molecule has 4 atom stereocenters. The Kier molecular flexibility index (Phi) is 3.93. The first-order chi connectivity index (χ1) is 8.44. The van der Waals surface area contributed by atoms with Gasteiger partial charge in [0.15, 0.2) is 0 Å². The largest absolute Gasteiger partial charge is 0.481 e. The molecule has 2 aliphatic rings. The zero-order chi connectivity index (χ0) is 13.3. The highest BCUT2D eigenvalue weighted by atomic mass is 32.2. The van der Waals surface area contributed by atoms with Gasteiger partial charge in [-0.2, -0.15) is 0 Å². The number of aliphatic carboxylic acids is 1. The van der Waals surface area contributed by atoms with Gasteiger partial charge in [-0.05, 0) is 31.1 Å². The van der Waals surface area contributed by atoms with Gasteiger partial charge in [-0.15, -0.1) is 0 Å². The predicted octanol–water partition coefficient (Wildman–Crippen LogP) is 0.0515. The third-order valence-electron chi connectivity index (χ3n) is 4.07. The maximum Gasteiger partial charge on any atom is 0.308 e. The first-order valence-electron chi connectivity index (χ1n) is 6.16. The molecule has 0 amide bonds. The molecule has 2 aliphatic carbocycles. The molecule has 0 aliphatic heterocycles. The molecule has 0 heterocycles. The molecule has 2 N–H and O–H groups in total. The summed E-state index contributed by atoms with van der Waals surface area (Å²) in [7, 11) is -2.02. The Hall–Kier alpha value is -0.660. The van der Waals surface area contributed by atoms with E-state index in [0.29, 0.717) is 0 Å². The summed E-state index contributed by atoms with van der Waals surface area (Å²) in [6, 6.07) is -0.442. The van der Waals surface area contributed by atoms with E-state index >= 15 is 0 Å². The number of ether oxygens (including phenoxy) is 1. The molecule has 2 bridgehead atoms. The van der Waals surface area contributed by atoms with Crippen LogP contribution in [0.15, 0.2) is 0 Å². The lowest BCUT2D eigenvalue weighted by Gasteiger charge is -2.28. The fraction of sp³-hybridized carbons (Fsp3) is 0.909. The molecule has 2 saturated carbocycles. The summed E-state index contributed by atoms with van der Waals surface area (Å²) in [6.45, 7) is 0.119. The van der Waals surface area contributed by atoms with Crippen LogP contribution in [0.3, 0.4) is 0 Å². The number of hydrogen-bond acceptors (Lipinski definition) is 4. The van der Waals surface area contributed by atoms with Crippen LogP contribution < -0.4 is 4.72 Å². The van der Waals surface area contributed by atoms with Crippen LogP contribution in [-0.2, 0) is 19.6 Å². The van der Waals surface area contributed by atoms with Gasteiger partial charge in [0.2, 0.25) is 10.0 Å². The summed E-state index contributed by atoms with van der Waals surface area (Å²) >= 11 is 0. The number of hydrogen-bond donors (Lipinski definition) is 2. The van der Waals surface area contributed by atoms with E-state index in [4.69, 9.17) is 4.74 Å². The smallest absolute Gasteiger partial charge is 0.308 e. The quantitative estimate of drug-likeness (QED) is 0.715. The Morgan fingerprint density at radius 1 is 1.39 bits per heavy atom. The fourth-order valence-electron chi connectivity index (χ4n) is 3.28. The highest BCUT2D eigenvalue weighted by molar-refractivity contribution is 7.89. The van der Waals surface area contributed by atoms with Crippen LogP contribution in [0.2, 0.25) is 0 Å². The number of sulfonamides is 1. The van der Waals surface area contributed by atoms with Crippen LogP contribution >= 0.6 is 0 Å². The van der Waals surface area contributed by atoms with Crippen molar-refractivity contribution < 1.29 is 23.1 Å². The van der Waals surface area contributed by atoms with Crippen LogP contribution in [-0.4, -0.2) is 45.0 Å². The zero-order valence-corrected chi connectivity index (χ0v) is 11.1. The van der Waals surface area contributed by atoms with Gasteiger partial charge in [-0.3, -0.25) is 4.79 Å². The number of carboxylic acids is 1. The van der Waals surface area contributed by atoms with Crippen LogP contribution in [0.4, 0.5) is 0 Å². The van der Waals surface area contributed by atoms with Gasteiger partial charge in [0.1, 0.15) is 0 Å². The van der Waals surface area contributed by atoms with Crippen molar-refractivity contribution in [3.05, 3.63) is 0 Å². The molecule has 6 nitrogen and oxygen atoms in total. The molecule has 18 heavy (non-hydrogen) atoms. The molecule has 0 saturated heterocycles. The maximum atomic E-state index is 11.8. The number of carbonyl (C=O) groups is 1. The lowest BCUT2D eigenvalue weighted by atomic mass is 9.85. The lowest BCUT2D eigenvalue weighted by Crippen LogP contribution is -2.47. The van der Waals surface area contributed by atoms with Gasteiger partial charge in [-0.1, -0.05) is 0 Å². The average molecular weight is 277 g/mol. The number of fused-ring (bicyclic) bond motifs is 2. The molecular weight excluding hydrogens is 258 g/mol. The molecule has 0 spiro atoms. The standard InChI is InChI=1S/C11H19NO5S/c1-17-4-5-18(15,16)12-10-8-3-2-7(6-8)9(10)11(13)14/h7-10,12H,2-6H2,1H3,(H,13,14). The van der Waals surface area contributed by atoms with E-state index in [1.165, 1.54) is 7.11 Å². The zero-order valence-electron chi connectivity index (χ0n) is 10.3. The van der Waals surface area contributed by atoms with Crippen molar-refractivity contribution in [1.29, 1.82) is 0 Å². The number of methoxy groups -OCH3 is 1. The van der Waals surface area contributed by atoms with Crippen LogP contribution in [0, 0.1) is 17.8 Å². The van der Waals surface area contributed by atoms with Gasteiger partial charge in [-0.25, -0.2) is 13.1 Å². The van der Waals surface area contributed by atoms with Crippen molar-refractivity contribution in [2.75, 3.05) is 19.5 Å². The summed E-state index contributed by atoms with van der Waals surface area (Å²) < 4.78 is 30.9. The van der Waals surface area contributed by atoms with E-state index in [1.807, 2.05) is 0 Å². The monoisotopic (exact) mass is 277 g/mol. The van der Waals surface area contributed by atoms with Crippen molar-refractivity contribution in [1.82, 2.24) is 4.72 Å². The van der Waals surface area contributed by atoms with E-state index in [-0.39, 0.29) is 24.2 Å². The third kappa shape index (κ3) is 2.67. The van der Waals surface area contributed by atoms with E-state index < -0.39 is 28.0 Å². The Labute approximate surface area is 107 Å². The van der Waals surface area contributed by atoms with Crippen LogP contribution in [0.1, 0.15) is 19.3 Å². The minimum atomic E-state index is -3.45. The Balaban J connectivity index is 2.06. The van der Waals surface area contributed by atoms with Gasteiger partial charge < -0.3 is 9.84 Å². The van der Waals surface area contributed by atoms with Gasteiger partial charge in [0, 0.05) is 13.2 Å². The Bertz CT molecular complexity index is 421. The molecule has 0 radical (unpaired) electrons. The second kappa shape index (κ2) is 5.14. The lowest BCUT2D eigenvalue weighted by molar-refractivity contribution is -0.144. The highest BCUT2D eigenvalue weighted by Crippen LogP contribution is 2.48. The molecule has 0 aromatic rings. The molecule has 0 aromatic heterocycles. The molecular formula is C11H19NO5S. The number of nitrogens with one attached hydrogen (secondary N) is 1. The highest BCUT2D eigenvalue weighted by Gasteiger charge is 2.52. The SMILES string of the molecule is COCCS(=O)(=O)NC1C2CCC(C2)C1C(=O)O. The summed E-state index contributed by atoms with van der Waals surface area (Å²) in [5, 5.41) is 9.22. The Morgan fingerprint density at radius 2 is 2.06 bits per heavy atom. The van der Waals surface area contributed by atoms with Crippen molar-refractivity contribution in [3.8, 4) is 0 Å². The van der Waals surface area contributed by atoms with E-state index in [9.17, 15) is 18.3 Å². The topological polar surface area (TPSA) is 92.7 Å². The minimum absolute atomic E-state index is 0.119. The molecule has 104 valence electrons. The predicted molar refractivity (Wildman–Crippen MR) is 64.5 cm³/mol. The normalized spacial score (nSPS) is 34.9. The van der Waals surface area contributed by atoms with Crippen molar-refractivity contribution in [2.24, 2.45) is 17.8 Å². The first kappa shape index (κ1) is 13.8. The second-order valence-electron chi connectivity index (χ2n) is 5.15. The second-order valence-corrected chi connectivity index (χ2v) is 7.03. The van der Waals surface area contributed by atoms with E-state index in [2.05, 4.69) is 4.72 Å². The van der Waals surface area contributed by atoms with Crippen molar-refractivity contribution >= 4 is 16.0 Å². The van der Waals surface area contributed by atoms with E-state index in [1.54, 1.807) is 0 Å². The minimum Gasteiger partial charge on any atom is -0.481 e. The summed E-state index contributed by atoms with van der Waals surface area (Å²) in [5.74, 6) is -1.28. The summed E-state index contributed by atoms with van der Waals surface area (Å²) in [6.07, 6.45) is 2.65. The molecule has 2 rings (SSSR count). The van der Waals surface area contributed by atoms with Gasteiger partial charge in [0.05, 0.1) is 18.3 Å². The maximum absolute atomic E-state index is 11.8. The summed E-state index contributed by atoms with van der Waals surface area (Å²) in [5.41, 5.74) is 0. The third-order valence-corrected chi connectivity index (χ3v) is 5.41. The van der Waals surface area contributed by atoms with Crippen molar-refractivity contribution in [3.63, 3.8) is 0 Å². The molecule has 4 unspecified atom stereocenters. The van der Waals surface area contributed by atoms with Crippen molar-refractivity contribution in [2.45, 2.75) is 25.3 Å². The number of carboxylic acid groups (broad SMARTS) is 1. The number of rotatable bonds is 6. The van der Waals surface area contributed by atoms with Gasteiger partial charge in [0.25, 0.3) is 0 Å². The molecule has 0 aromatic carbocycles. The van der Waals surface area contributed by atoms with E-state index in [0.717, 1.165) is 19.3 Å². The molecule has 7 heteroatoms. The van der Waals surface area contributed by atoms with Crippen LogP contribution in [0.25, 0.3) is 0 Å². The fourth-order valence-corrected chi connectivity index (χ4v) is 4.53. The Morgan fingerprint density at radius 3 is 2.67 bits per heavy atom. The van der Waals surface area contributed by atoms with Crippen LogP contribution in [0.5, 0.6) is 0 Å². The first-order valence-corrected chi connectivity index (χ1v) is 7.81. The average Bonchev–Trinajstić information content (AvgIpc) is 2.86. The van der Waals surface area contributed by atoms with Gasteiger partial charge >= 0.3 is 5.97 Å².